The lowest BCUT2D eigenvalue weighted by Crippen LogP contribution is -2.37. The van der Waals surface area contributed by atoms with Crippen molar-refractivity contribution in [3.63, 3.8) is 0 Å². The number of nitrogens with zero attached hydrogens (tertiary/aromatic N) is 2. The number of benzene rings is 3. The second-order valence-electron chi connectivity index (χ2n) is 8.78. The van der Waals surface area contributed by atoms with Crippen LogP contribution in [0.2, 0.25) is 0 Å². The molecule has 4 aromatic rings. The van der Waals surface area contributed by atoms with Crippen LogP contribution in [0.4, 0.5) is 16.2 Å². The van der Waals surface area contributed by atoms with E-state index < -0.39 is 0 Å². The van der Waals surface area contributed by atoms with E-state index in [-0.39, 0.29) is 18.1 Å². The highest BCUT2D eigenvalue weighted by molar-refractivity contribution is 7.99. The van der Waals surface area contributed by atoms with Gasteiger partial charge in [0.05, 0.1) is 30.2 Å². The van der Waals surface area contributed by atoms with Crippen molar-refractivity contribution in [3.05, 3.63) is 88.7 Å². The standard InChI is InChI=1S/C28H27N3O2S2/c1-18(2)26(31(28(32)33-3)16-19-9-5-4-6-10-19)27-30-23(17-34-27)20-13-14-25-22(15-20)29-21-11-7-8-12-24(21)35-25/h4-15,17-18,26,29H,16H2,1-3H3. The molecule has 1 aliphatic heterocycles. The van der Waals surface area contributed by atoms with E-state index in [2.05, 4.69) is 60.9 Å². The molecule has 0 saturated heterocycles. The first kappa shape index (κ1) is 23.5. The summed E-state index contributed by atoms with van der Waals surface area (Å²) >= 11 is 3.36. The van der Waals surface area contributed by atoms with Gasteiger partial charge in [0.15, 0.2) is 0 Å². The minimum atomic E-state index is -0.349. The first-order chi connectivity index (χ1) is 17.0. The molecule has 2 heterocycles. The maximum absolute atomic E-state index is 12.8. The van der Waals surface area contributed by atoms with Gasteiger partial charge in [0.25, 0.3) is 0 Å². The zero-order valence-electron chi connectivity index (χ0n) is 19.9. The molecule has 1 aliphatic rings. The van der Waals surface area contributed by atoms with Crippen molar-refractivity contribution < 1.29 is 9.53 Å². The number of nitrogens with one attached hydrogen (secondary N) is 1. The molecule has 0 radical (unpaired) electrons. The molecule has 1 atom stereocenters. The van der Waals surface area contributed by atoms with Crippen molar-refractivity contribution >= 4 is 40.6 Å². The Morgan fingerprint density at radius 1 is 1.00 bits per heavy atom. The minimum Gasteiger partial charge on any atom is -0.453 e. The fourth-order valence-electron chi connectivity index (χ4n) is 4.31. The second kappa shape index (κ2) is 10.1. The highest BCUT2D eigenvalue weighted by Crippen LogP contribution is 2.45. The average molecular weight is 502 g/mol. The molecule has 1 aromatic heterocycles. The summed E-state index contributed by atoms with van der Waals surface area (Å²) in [6, 6.07) is 24.5. The van der Waals surface area contributed by atoms with Crippen molar-refractivity contribution in [2.45, 2.75) is 36.2 Å². The largest absolute Gasteiger partial charge is 0.453 e. The van der Waals surface area contributed by atoms with E-state index in [1.165, 1.54) is 16.9 Å². The lowest BCUT2D eigenvalue weighted by atomic mass is 10.0. The minimum absolute atomic E-state index is 0.162. The maximum Gasteiger partial charge on any atom is 0.410 e. The van der Waals surface area contributed by atoms with Gasteiger partial charge in [0.2, 0.25) is 0 Å². The van der Waals surface area contributed by atoms with Gasteiger partial charge in [-0.2, -0.15) is 0 Å². The van der Waals surface area contributed by atoms with Gasteiger partial charge >= 0.3 is 6.09 Å². The van der Waals surface area contributed by atoms with Crippen molar-refractivity contribution in [2.24, 2.45) is 5.92 Å². The molecular weight excluding hydrogens is 474 g/mol. The van der Waals surface area contributed by atoms with Crippen LogP contribution in [0.3, 0.4) is 0 Å². The average Bonchev–Trinajstić information content (AvgIpc) is 3.36. The molecule has 1 unspecified atom stereocenters. The van der Waals surface area contributed by atoms with Crippen molar-refractivity contribution in [1.29, 1.82) is 0 Å². The molecule has 35 heavy (non-hydrogen) atoms. The Balaban J connectivity index is 1.44. The van der Waals surface area contributed by atoms with E-state index >= 15 is 0 Å². The highest BCUT2D eigenvalue weighted by atomic mass is 32.2. The van der Waals surface area contributed by atoms with Gasteiger partial charge in [-0.25, -0.2) is 9.78 Å². The van der Waals surface area contributed by atoms with Crippen LogP contribution in [0.25, 0.3) is 11.3 Å². The number of carbonyl (C=O) groups is 1. The molecule has 0 saturated carbocycles. The van der Waals surface area contributed by atoms with Crippen LogP contribution in [0.1, 0.15) is 30.5 Å². The van der Waals surface area contributed by atoms with Crippen molar-refractivity contribution in [2.75, 3.05) is 12.4 Å². The summed E-state index contributed by atoms with van der Waals surface area (Å²) in [6.07, 6.45) is -0.349. The third-order valence-corrected chi connectivity index (χ3v) is 8.07. The summed E-state index contributed by atoms with van der Waals surface area (Å²) in [4.78, 5) is 22.1. The molecule has 5 rings (SSSR count). The smallest absolute Gasteiger partial charge is 0.410 e. The van der Waals surface area contributed by atoms with E-state index in [1.54, 1.807) is 28.0 Å². The maximum atomic E-state index is 12.8. The van der Waals surface area contributed by atoms with Gasteiger partial charge < -0.3 is 10.1 Å². The Hall–Kier alpha value is -3.29. The SMILES string of the molecule is COC(=O)N(Cc1ccccc1)C(c1nc(-c2ccc3c(c2)Nc2ccccc2S3)cs1)C(C)C. The first-order valence-corrected chi connectivity index (χ1v) is 13.3. The number of rotatable bonds is 6. The third kappa shape index (κ3) is 4.92. The number of anilines is 2. The normalized spacial score (nSPS) is 12.9. The Labute approximate surface area is 214 Å². The molecule has 0 fully saturated rings. The van der Waals surface area contributed by atoms with Gasteiger partial charge in [-0.1, -0.05) is 74.1 Å². The molecule has 7 heteroatoms. The number of para-hydroxylation sites is 1. The molecule has 0 spiro atoms. The Bertz CT molecular complexity index is 1340. The number of fused-ring (bicyclic) bond motifs is 2. The predicted octanol–water partition coefficient (Wildman–Crippen LogP) is 7.98. The summed E-state index contributed by atoms with van der Waals surface area (Å²) in [7, 11) is 1.43. The van der Waals surface area contributed by atoms with Crippen LogP contribution >= 0.6 is 23.1 Å². The number of ether oxygens (including phenoxy) is 1. The fourth-order valence-corrected chi connectivity index (χ4v) is 6.39. The molecule has 5 nitrogen and oxygen atoms in total. The van der Waals surface area contributed by atoms with E-state index in [4.69, 9.17) is 9.72 Å². The van der Waals surface area contributed by atoms with Gasteiger partial charge in [-0.05, 0) is 35.7 Å². The highest BCUT2D eigenvalue weighted by Gasteiger charge is 2.31. The van der Waals surface area contributed by atoms with Crippen LogP contribution < -0.4 is 5.32 Å². The first-order valence-electron chi connectivity index (χ1n) is 11.6. The second-order valence-corrected chi connectivity index (χ2v) is 10.8. The Morgan fingerprint density at radius 2 is 1.74 bits per heavy atom. The number of thiazole rings is 1. The number of hydrogen-bond donors (Lipinski definition) is 1. The number of hydrogen-bond acceptors (Lipinski definition) is 6. The van der Waals surface area contributed by atoms with E-state index in [1.807, 2.05) is 36.4 Å². The Kier molecular flexibility index (Phi) is 6.79. The number of carbonyl (C=O) groups excluding carboxylic acids is 1. The summed E-state index contributed by atoms with van der Waals surface area (Å²) < 4.78 is 5.17. The van der Waals surface area contributed by atoms with Gasteiger partial charge in [-0.3, -0.25) is 4.90 Å². The summed E-state index contributed by atoms with van der Waals surface area (Å²) in [6.45, 7) is 4.69. The topological polar surface area (TPSA) is 54.5 Å². The van der Waals surface area contributed by atoms with Gasteiger partial charge in [0.1, 0.15) is 5.01 Å². The van der Waals surface area contributed by atoms with Gasteiger partial charge in [-0.15, -0.1) is 11.3 Å². The van der Waals surface area contributed by atoms with E-state index in [0.717, 1.165) is 33.2 Å². The zero-order chi connectivity index (χ0) is 24.4. The fraction of sp³-hybridized carbons (Fsp3) is 0.214. The summed E-state index contributed by atoms with van der Waals surface area (Å²) in [5.41, 5.74) is 5.22. The van der Waals surface area contributed by atoms with Crippen LogP contribution in [0.15, 0.2) is 88.0 Å². The lowest BCUT2D eigenvalue weighted by Gasteiger charge is -2.32. The summed E-state index contributed by atoms with van der Waals surface area (Å²) in [5, 5.41) is 6.53. The molecule has 1 N–H and O–H groups in total. The van der Waals surface area contributed by atoms with Crippen LogP contribution in [0.5, 0.6) is 0 Å². The van der Waals surface area contributed by atoms with E-state index in [9.17, 15) is 4.79 Å². The molecule has 178 valence electrons. The molecule has 3 aromatic carbocycles. The van der Waals surface area contributed by atoms with Crippen LogP contribution in [-0.2, 0) is 11.3 Å². The number of amides is 1. The quantitative estimate of drug-likeness (QED) is 0.256. The summed E-state index contributed by atoms with van der Waals surface area (Å²) in [5.74, 6) is 0.162. The molecule has 0 aliphatic carbocycles. The number of methoxy groups -OCH3 is 1. The zero-order valence-corrected chi connectivity index (χ0v) is 21.5. The third-order valence-electron chi connectivity index (χ3n) is 6.00. The van der Waals surface area contributed by atoms with Crippen LogP contribution in [0, 0.1) is 5.92 Å². The van der Waals surface area contributed by atoms with E-state index in [0.29, 0.717) is 6.54 Å². The molecular formula is C28H27N3O2S2. The van der Waals surface area contributed by atoms with Gasteiger partial charge in [0, 0.05) is 27.3 Å². The van der Waals surface area contributed by atoms with Crippen molar-refractivity contribution in [1.82, 2.24) is 9.88 Å². The van der Waals surface area contributed by atoms with Crippen molar-refractivity contribution in [3.8, 4) is 11.3 Å². The number of aromatic nitrogens is 1. The Morgan fingerprint density at radius 3 is 2.51 bits per heavy atom. The molecule has 1 amide bonds. The van der Waals surface area contributed by atoms with Crippen LogP contribution in [-0.4, -0.2) is 23.1 Å². The monoisotopic (exact) mass is 501 g/mol. The predicted molar refractivity (Wildman–Crippen MR) is 143 cm³/mol. The lowest BCUT2D eigenvalue weighted by molar-refractivity contribution is 0.0877. The molecule has 0 bridgehead atoms.